The first-order valence-corrected chi connectivity index (χ1v) is 5.82. The van der Waals surface area contributed by atoms with E-state index in [2.05, 4.69) is 10.4 Å². The topological polar surface area (TPSA) is 87.5 Å². The Labute approximate surface area is 104 Å². The number of aliphatic carboxylic acids is 1. The van der Waals surface area contributed by atoms with Crippen LogP contribution in [-0.4, -0.2) is 44.9 Å². The zero-order chi connectivity index (χ0) is 13.1. The van der Waals surface area contributed by atoms with Crippen LogP contribution in [0.15, 0.2) is 12.3 Å². The third kappa shape index (κ3) is 3.47. The maximum Gasteiger partial charge on any atom is 0.323 e. The van der Waals surface area contributed by atoms with Crippen LogP contribution < -0.4 is 5.32 Å². The van der Waals surface area contributed by atoms with Gasteiger partial charge in [0, 0.05) is 25.9 Å². The van der Waals surface area contributed by atoms with Crippen molar-refractivity contribution < 1.29 is 14.7 Å². The highest BCUT2D eigenvalue weighted by atomic mass is 16.4. The molecule has 0 saturated heterocycles. The average Bonchev–Trinajstić information content (AvgIpc) is 3.00. The lowest BCUT2D eigenvalue weighted by Gasteiger charge is -2.20. The molecule has 1 saturated carbocycles. The van der Waals surface area contributed by atoms with Gasteiger partial charge in [0.15, 0.2) is 5.82 Å². The quantitative estimate of drug-likeness (QED) is 0.809. The van der Waals surface area contributed by atoms with Gasteiger partial charge in [0.1, 0.15) is 6.54 Å². The summed E-state index contributed by atoms with van der Waals surface area (Å²) in [4.78, 5) is 24.0. The summed E-state index contributed by atoms with van der Waals surface area (Å²) in [6.45, 7) is 0.208. The largest absolute Gasteiger partial charge is 0.480 e. The van der Waals surface area contributed by atoms with Crippen LogP contribution >= 0.6 is 0 Å². The minimum atomic E-state index is -1.01. The van der Waals surface area contributed by atoms with E-state index in [1.54, 1.807) is 24.0 Å². The van der Waals surface area contributed by atoms with Crippen molar-refractivity contribution in [2.24, 2.45) is 13.0 Å². The first kappa shape index (κ1) is 12.4. The number of rotatable bonds is 5. The molecule has 1 aliphatic rings. The Balaban J connectivity index is 1.95. The zero-order valence-corrected chi connectivity index (χ0v) is 10.2. The molecule has 1 aliphatic carbocycles. The number of anilines is 1. The minimum absolute atomic E-state index is 0.283. The maximum absolute atomic E-state index is 11.9. The molecule has 18 heavy (non-hydrogen) atoms. The molecule has 1 heterocycles. The molecule has 1 aromatic rings. The number of amides is 2. The Kier molecular flexibility index (Phi) is 3.50. The Morgan fingerprint density at radius 1 is 1.61 bits per heavy atom. The first-order valence-electron chi connectivity index (χ1n) is 5.82. The summed E-state index contributed by atoms with van der Waals surface area (Å²) in [7, 11) is 1.74. The Morgan fingerprint density at radius 2 is 2.33 bits per heavy atom. The normalized spacial score (nSPS) is 14.3. The van der Waals surface area contributed by atoms with Crippen LogP contribution in [0.2, 0.25) is 0 Å². The lowest BCUT2D eigenvalue weighted by atomic mass is 10.3. The lowest BCUT2D eigenvalue weighted by Crippen LogP contribution is -2.40. The smallest absolute Gasteiger partial charge is 0.323 e. The number of carbonyl (C=O) groups excluding carboxylic acids is 1. The van der Waals surface area contributed by atoms with Crippen LogP contribution in [0, 0.1) is 5.92 Å². The summed E-state index contributed by atoms with van der Waals surface area (Å²) >= 11 is 0. The molecular weight excluding hydrogens is 236 g/mol. The van der Waals surface area contributed by atoms with Crippen molar-refractivity contribution in [2.45, 2.75) is 12.8 Å². The fourth-order valence-electron chi connectivity index (χ4n) is 1.66. The van der Waals surface area contributed by atoms with E-state index < -0.39 is 12.0 Å². The van der Waals surface area contributed by atoms with Gasteiger partial charge in [-0.15, -0.1) is 0 Å². The van der Waals surface area contributed by atoms with Crippen LogP contribution in [0.25, 0.3) is 0 Å². The van der Waals surface area contributed by atoms with Crippen LogP contribution in [-0.2, 0) is 11.8 Å². The molecule has 0 bridgehead atoms. The van der Waals surface area contributed by atoms with Crippen molar-refractivity contribution in [1.82, 2.24) is 14.7 Å². The Bertz CT molecular complexity index is 453. The van der Waals surface area contributed by atoms with Gasteiger partial charge >= 0.3 is 12.0 Å². The zero-order valence-electron chi connectivity index (χ0n) is 10.2. The number of carbonyl (C=O) groups is 2. The molecular formula is C11H16N4O3. The third-order valence-electron chi connectivity index (χ3n) is 2.74. The molecule has 1 fully saturated rings. The van der Waals surface area contributed by atoms with Gasteiger partial charge in [-0.3, -0.25) is 14.8 Å². The number of urea groups is 1. The van der Waals surface area contributed by atoms with E-state index in [9.17, 15) is 9.59 Å². The van der Waals surface area contributed by atoms with Crippen molar-refractivity contribution in [3.8, 4) is 0 Å². The highest BCUT2D eigenvalue weighted by molar-refractivity contribution is 5.90. The number of nitrogens with one attached hydrogen (secondary N) is 1. The number of aryl methyl sites for hydroxylation is 1. The monoisotopic (exact) mass is 252 g/mol. The van der Waals surface area contributed by atoms with Crippen LogP contribution in [0.5, 0.6) is 0 Å². The van der Waals surface area contributed by atoms with Gasteiger partial charge in [0.2, 0.25) is 0 Å². The molecule has 7 nitrogen and oxygen atoms in total. The number of hydrogen-bond acceptors (Lipinski definition) is 3. The average molecular weight is 252 g/mol. The second kappa shape index (κ2) is 5.07. The van der Waals surface area contributed by atoms with Gasteiger partial charge in [-0.25, -0.2) is 4.79 Å². The summed E-state index contributed by atoms with van der Waals surface area (Å²) in [5, 5.41) is 15.4. The number of carboxylic acids is 1. The van der Waals surface area contributed by atoms with Gasteiger partial charge in [-0.2, -0.15) is 5.10 Å². The summed E-state index contributed by atoms with van der Waals surface area (Å²) in [5.41, 5.74) is 0. The first-order chi connectivity index (χ1) is 8.54. The van der Waals surface area contributed by atoms with Crippen LogP contribution in [0.4, 0.5) is 10.6 Å². The predicted octanol–water partition coefficient (Wildman–Crippen LogP) is 0.749. The van der Waals surface area contributed by atoms with E-state index in [0.29, 0.717) is 18.3 Å². The van der Waals surface area contributed by atoms with E-state index in [-0.39, 0.29) is 6.54 Å². The number of carboxylic acid groups (broad SMARTS) is 1. The minimum Gasteiger partial charge on any atom is -0.480 e. The maximum atomic E-state index is 11.9. The summed E-state index contributed by atoms with van der Waals surface area (Å²) in [6.07, 6.45) is 3.83. The Morgan fingerprint density at radius 3 is 2.83 bits per heavy atom. The second-order valence-corrected chi connectivity index (χ2v) is 4.52. The summed E-state index contributed by atoms with van der Waals surface area (Å²) < 4.78 is 1.57. The molecule has 0 radical (unpaired) electrons. The molecule has 0 atom stereocenters. The van der Waals surface area contributed by atoms with E-state index in [0.717, 1.165) is 12.8 Å². The molecule has 2 amide bonds. The predicted molar refractivity (Wildman–Crippen MR) is 64.2 cm³/mol. The second-order valence-electron chi connectivity index (χ2n) is 4.52. The molecule has 98 valence electrons. The molecule has 0 aromatic carbocycles. The van der Waals surface area contributed by atoms with Crippen molar-refractivity contribution in [3.63, 3.8) is 0 Å². The molecule has 7 heteroatoms. The molecule has 2 rings (SSSR count). The molecule has 0 aliphatic heterocycles. The summed E-state index contributed by atoms with van der Waals surface area (Å²) in [5.74, 6) is -0.140. The van der Waals surface area contributed by atoms with Crippen LogP contribution in [0.3, 0.4) is 0 Å². The molecule has 2 N–H and O–H groups in total. The van der Waals surface area contributed by atoms with E-state index >= 15 is 0 Å². The van der Waals surface area contributed by atoms with Gasteiger partial charge in [-0.05, 0) is 18.8 Å². The SMILES string of the molecule is Cn1ccc(NC(=O)N(CC(=O)O)CC2CC2)n1. The van der Waals surface area contributed by atoms with E-state index in [4.69, 9.17) is 5.11 Å². The third-order valence-corrected chi connectivity index (χ3v) is 2.74. The van der Waals surface area contributed by atoms with Gasteiger partial charge in [-0.1, -0.05) is 0 Å². The Hall–Kier alpha value is -2.05. The van der Waals surface area contributed by atoms with E-state index in [1.165, 1.54) is 4.90 Å². The highest BCUT2D eigenvalue weighted by Crippen LogP contribution is 2.29. The van der Waals surface area contributed by atoms with Crippen molar-refractivity contribution in [2.75, 3.05) is 18.4 Å². The van der Waals surface area contributed by atoms with Gasteiger partial charge in [0.05, 0.1) is 0 Å². The number of hydrogen-bond donors (Lipinski definition) is 2. The number of nitrogens with zero attached hydrogens (tertiary/aromatic N) is 3. The van der Waals surface area contributed by atoms with Gasteiger partial charge in [0.25, 0.3) is 0 Å². The van der Waals surface area contributed by atoms with E-state index in [1.807, 2.05) is 0 Å². The van der Waals surface area contributed by atoms with Crippen molar-refractivity contribution >= 4 is 17.8 Å². The molecule has 1 aromatic heterocycles. The molecule has 0 unspecified atom stereocenters. The van der Waals surface area contributed by atoms with Crippen molar-refractivity contribution in [3.05, 3.63) is 12.3 Å². The lowest BCUT2D eigenvalue weighted by molar-refractivity contribution is -0.137. The fraction of sp³-hybridized carbons (Fsp3) is 0.545. The number of aromatic nitrogens is 2. The standard InChI is InChI=1S/C11H16N4O3/c1-14-5-4-9(13-14)12-11(18)15(7-10(16)17)6-8-2-3-8/h4-5,8H,2-3,6-7H2,1H3,(H,16,17)(H,12,13,18). The summed E-state index contributed by atoms with van der Waals surface area (Å²) in [6, 6.07) is 1.25. The highest BCUT2D eigenvalue weighted by Gasteiger charge is 2.28. The van der Waals surface area contributed by atoms with Gasteiger partial charge < -0.3 is 10.0 Å². The van der Waals surface area contributed by atoms with Crippen molar-refractivity contribution in [1.29, 1.82) is 0 Å². The molecule has 0 spiro atoms. The van der Waals surface area contributed by atoms with Crippen LogP contribution in [0.1, 0.15) is 12.8 Å². The fourth-order valence-corrected chi connectivity index (χ4v) is 1.66.